The van der Waals surface area contributed by atoms with Gasteiger partial charge in [-0.3, -0.25) is 0 Å². The molecule has 2 amide bonds. The Bertz CT molecular complexity index is 497. The minimum absolute atomic E-state index is 0.112. The van der Waals surface area contributed by atoms with E-state index in [0.29, 0.717) is 13.0 Å². The maximum Gasteiger partial charge on any atom is 0.407 e. The highest BCUT2D eigenvalue weighted by molar-refractivity contribution is 5.68. The van der Waals surface area contributed by atoms with E-state index in [4.69, 9.17) is 9.47 Å². The van der Waals surface area contributed by atoms with Crippen molar-refractivity contribution >= 4 is 12.2 Å². The number of amides is 2. The third-order valence-corrected chi connectivity index (χ3v) is 2.82. The molecule has 0 unspecified atom stereocenters. The van der Waals surface area contributed by atoms with Gasteiger partial charge in [-0.15, -0.1) is 0 Å². The molecule has 0 heterocycles. The van der Waals surface area contributed by atoms with Crippen molar-refractivity contribution in [2.45, 2.75) is 52.4 Å². The highest BCUT2D eigenvalue weighted by Crippen LogP contribution is 2.07. The van der Waals surface area contributed by atoms with Crippen LogP contribution in [0.5, 0.6) is 0 Å². The average Bonchev–Trinajstić information content (AvgIpc) is 2.44. The molecule has 0 saturated heterocycles. The average molecular weight is 322 g/mol. The van der Waals surface area contributed by atoms with Crippen LogP contribution in [0.3, 0.4) is 0 Å². The molecule has 2 N–H and O–H groups in total. The molecule has 0 bridgehead atoms. The quantitative estimate of drug-likeness (QED) is 0.843. The highest BCUT2D eigenvalue weighted by atomic mass is 16.6. The van der Waals surface area contributed by atoms with Gasteiger partial charge in [-0.1, -0.05) is 30.3 Å². The van der Waals surface area contributed by atoms with Crippen molar-refractivity contribution in [1.29, 1.82) is 0 Å². The molecule has 0 radical (unpaired) electrons. The summed E-state index contributed by atoms with van der Waals surface area (Å²) in [7, 11) is 0. The molecule has 0 fully saturated rings. The molecule has 6 heteroatoms. The van der Waals surface area contributed by atoms with Gasteiger partial charge in [0.25, 0.3) is 0 Å². The molecule has 128 valence electrons. The monoisotopic (exact) mass is 322 g/mol. The van der Waals surface area contributed by atoms with Crippen LogP contribution in [0.1, 0.15) is 39.7 Å². The summed E-state index contributed by atoms with van der Waals surface area (Å²) in [6.45, 7) is 7.91. The van der Waals surface area contributed by atoms with Crippen LogP contribution in [0.25, 0.3) is 0 Å². The van der Waals surface area contributed by atoms with Crippen LogP contribution >= 0.6 is 0 Å². The fourth-order valence-electron chi connectivity index (χ4n) is 1.75. The summed E-state index contributed by atoms with van der Waals surface area (Å²) in [5.41, 5.74) is 0.408. The molecule has 1 aromatic carbocycles. The van der Waals surface area contributed by atoms with Crippen LogP contribution < -0.4 is 10.6 Å². The molecule has 1 atom stereocenters. The smallest absolute Gasteiger partial charge is 0.407 e. The molecule has 1 rings (SSSR count). The lowest BCUT2D eigenvalue weighted by atomic mass is 10.2. The van der Waals surface area contributed by atoms with Crippen LogP contribution in [-0.2, 0) is 16.1 Å². The second-order valence-electron chi connectivity index (χ2n) is 6.32. The molecule has 0 aliphatic heterocycles. The lowest BCUT2D eigenvalue weighted by molar-refractivity contribution is 0.0506. The first-order valence-electron chi connectivity index (χ1n) is 7.70. The predicted molar refractivity (Wildman–Crippen MR) is 88.1 cm³/mol. The second kappa shape index (κ2) is 9.02. The summed E-state index contributed by atoms with van der Waals surface area (Å²) >= 11 is 0. The van der Waals surface area contributed by atoms with Gasteiger partial charge in [0.1, 0.15) is 12.2 Å². The van der Waals surface area contributed by atoms with Gasteiger partial charge in [0.2, 0.25) is 0 Å². The van der Waals surface area contributed by atoms with E-state index in [-0.39, 0.29) is 12.6 Å². The molecular formula is C17H26N2O4. The zero-order chi connectivity index (χ0) is 17.3. The number of benzene rings is 1. The Morgan fingerprint density at radius 2 is 1.78 bits per heavy atom. The van der Waals surface area contributed by atoms with Crippen molar-refractivity contribution in [2.24, 2.45) is 0 Å². The summed E-state index contributed by atoms with van der Waals surface area (Å²) in [5, 5.41) is 5.37. The lowest BCUT2D eigenvalue weighted by Gasteiger charge is -2.22. The van der Waals surface area contributed by atoms with Gasteiger partial charge in [0.15, 0.2) is 0 Å². The molecule has 0 aromatic heterocycles. The first-order valence-corrected chi connectivity index (χ1v) is 7.70. The van der Waals surface area contributed by atoms with Gasteiger partial charge < -0.3 is 20.1 Å². The number of alkyl carbamates (subject to hydrolysis) is 2. The van der Waals surface area contributed by atoms with Crippen molar-refractivity contribution in [2.75, 3.05) is 6.54 Å². The highest BCUT2D eigenvalue weighted by Gasteiger charge is 2.17. The Hall–Kier alpha value is -2.24. The number of hydrogen-bond donors (Lipinski definition) is 2. The van der Waals surface area contributed by atoms with Crippen LogP contribution in [0.15, 0.2) is 30.3 Å². The number of carbonyl (C=O) groups excluding carboxylic acids is 2. The maximum absolute atomic E-state index is 11.6. The van der Waals surface area contributed by atoms with Gasteiger partial charge in [0.05, 0.1) is 0 Å². The van der Waals surface area contributed by atoms with E-state index in [1.165, 1.54) is 0 Å². The summed E-state index contributed by atoms with van der Waals surface area (Å²) in [5.74, 6) is 0. The molecule has 23 heavy (non-hydrogen) atoms. The van der Waals surface area contributed by atoms with E-state index < -0.39 is 17.8 Å². The number of ether oxygens (including phenoxy) is 2. The fourth-order valence-corrected chi connectivity index (χ4v) is 1.75. The predicted octanol–water partition coefficient (Wildman–Crippen LogP) is 3.22. The van der Waals surface area contributed by atoms with Crippen molar-refractivity contribution in [3.8, 4) is 0 Å². The second-order valence-corrected chi connectivity index (χ2v) is 6.32. The number of hydrogen-bond acceptors (Lipinski definition) is 4. The SMILES string of the molecule is C[C@@H](CCNC(=O)OCc1ccccc1)NC(=O)OC(C)(C)C. The molecule has 6 nitrogen and oxygen atoms in total. The first kappa shape index (κ1) is 18.8. The Morgan fingerprint density at radius 3 is 2.39 bits per heavy atom. The fraction of sp³-hybridized carbons (Fsp3) is 0.529. The van der Waals surface area contributed by atoms with Gasteiger partial charge >= 0.3 is 12.2 Å². The molecule has 0 aliphatic carbocycles. The van der Waals surface area contributed by atoms with Crippen molar-refractivity contribution in [3.63, 3.8) is 0 Å². The van der Waals surface area contributed by atoms with Crippen LogP contribution in [0.4, 0.5) is 9.59 Å². The Balaban J connectivity index is 2.15. The summed E-state index contributed by atoms with van der Waals surface area (Å²) < 4.78 is 10.3. The van der Waals surface area contributed by atoms with Crippen LogP contribution in [0, 0.1) is 0 Å². The van der Waals surface area contributed by atoms with Gasteiger partial charge in [-0.05, 0) is 39.7 Å². The zero-order valence-corrected chi connectivity index (χ0v) is 14.2. The normalized spacial score (nSPS) is 12.2. The standard InChI is InChI=1S/C17H26N2O4/c1-13(19-16(21)23-17(2,3)4)10-11-18-15(20)22-12-14-8-6-5-7-9-14/h5-9,13H,10-12H2,1-4H3,(H,18,20)(H,19,21)/t13-/m0/s1. The maximum atomic E-state index is 11.6. The third-order valence-electron chi connectivity index (χ3n) is 2.82. The Kier molecular flexibility index (Phi) is 7.38. The molecule has 0 spiro atoms. The Labute approximate surface area is 137 Å². The number of rotatable bonds is 6. The minimum Gasteiger partial charge on any atom is -0.445 e. The van der Waals surface area contributed by atoms with Crippen LogP contribution in [0.2, 0.25) is 0 Å². The summed E-state index contributed by atoms with van der Waals surface area (Å²) in [6.07, 6.45) is -0.352. The van der Waals surface area contributed by atoms with Crippen molar-refractivity contribution in [1.82, 2.24) is 10.6 Å². The first-order chi connectivity index (χ1) is 10.8. The van der Waals surface area contributed by atoms with Crippen molar-refractivity contribution in [3.05, 3.63) is 35.9 Å². The largest absolute Gasteiger partial charge is 0.445 e. The number of nitrogens with one attached hydrogen (secondary N) is 2. The van der Waals surface area contributed by atoms with E-state index >= 15 is 0 Å². The molecule has 0 saturated carbocycles. The summed E-state index contributed by atoms with van der Waals surface area (Å²) in [6, 6.07) is 9.35. The van der Waals surface area contributed by atoms with E-state index in [9.17, 15) is 9.59 Å². The molecular weight excluding hydrogens is 296 g/mol. The topological polar surface area (TPSA) is 76.7 Å². The van der Waals surface area contributed by atoms with E-state index in [1.807, 2.05) is 58.0 Å². The number of carbonyl (C=O) groups is 2. The van der Waals surface area contributed by atoms with E-state index in [1.54, 1.807) is 0 Å². The molecule has 0 aliphatic rings. The van der Waals surface area contributed by atoms with E-state index in [2.05, 4.69) is 10.6 Å². The van der Waals surface area contributed by atoms with Crippen LogP contribution in [-0.4, -0.2) is 30.4 Å². The minimum atomic E-state index is -0.525. The van der Waals surface area contributed by atoms with Crippen molar-refractivity contribution < 1.29 is 19.1 Å². The van der Waals surface area contributed by atoms with E-state index in [0.717, 1.165) is 5.56 Å². The molecule has 1 aromatic rings. The zero-order valence-electron chi connectivity index (χ0n) is 14.2. The Morgan fingerprint density at radius 1 is 1.13 bits per heavy atom. The van der Waals surface area contributed by atoms with Gasteiger partial charge in [-0.25, -0.2) is 9.59 Å². The third kappa shape index (κ3) is 9.39. The van der Waals surface area contributed by atoms with Gasteiger partial charge in [-0.2, -0.15) is 0 Å². The van der Waals surface area contributed by atoms with Gasteiger partial charge in [0, 0.05) is 12.6 Å². The summed E-state index contributed by atoms with van der Waals surface area (Å²) in [4.78, 5) is 23.1. The lowest BCUT2D eigenvalue weighted by Crippen LogP contribution is -2.39.